The molecular formula is C61H98O6. The van der Waals surface area contributed by atoms with Crippen molar-refractivity contribution >= 4 is 17.9 Å². The fraction of sp³-hybridized carbons (Fsp3) is 0.623. The zero-order valence-corrected chi connectivity index (χ0v) is 43.1. The Morgan fingerprint density at radius 1 is 0.328 bits per heavy atom. The normalized spacial score (nSPS) is 13.1. The number of ether oxygens (including phenoxy) is 3. The molecule has 1 atom stereocenters. The van der Waals surface area contributed by atoms with Crippen molar-refractivity contribution in [2.24, 2.45) is 0 Å². The van der Waals surface area contributed by atoms with Gasteiger partial charge in [-0.15, -0.1) is 0 Å². The summed E-state index contributed by atoms with van der Waals surface area (Å²) < 4.78 is 16.8. The average molecular weight is 927 g/mol. The molecule has 0 aliphatic heterocycles. The molecule has 0 rings (SSSR count). The van der Waals surface area contributed by atoms with Gasteiger partial charge >= 0.3 is 17.9 Å². The molecule has 0 aliphatic rings. The fourth-order valence-corrected chi connectivity index (χ4v) is 7.15. The summed E-state index contributed by atoms with van der Waals surface area (Å²) in [6, 6.07) is 0. The molecule has 6 nitrogen and oxygen atoms in total. The average Bonchev–Trinajstić information content (AvgIpc) is 3.33. The number of carbonyl (C=O) groups excluding carboxylic acids is 3. The minimum atomic E-state index is -0.802. The van der Waals surface area contributed by atoms with E-state index in [1.807, 2.05) is 72.9 Å². The highest BCUT2D eigenvalue weighted by atomic mass is 16.6. The Kier molecular flexibility index (Phi) is 51.0. The number of hydrogen-bond donors (Lipinski definition) is 0. The maximum absolute atomic E-state index is 12.8. The Morgan fingerprint density at radius 2 is 0.657 bits per heavy atom. The molecular weight excluding hydrogens is 829 g/mol. The first kappa shape index (κ1) is 62.8. The van der Waals surface area contributed by atoms with Gasteiger partial charge in [-0.3, -0.25) is 14.4 Å². The Balaban J connectivity index is 4.48. The standard InChI is InChI=1S/C61H98O6/c1-4-7-10-13-16-19-22-24-26-28-30-32-34-36-39-42-45-48-51-54-60(63)66-57-58(56-65-59(62)53-50-47-44-41-38-21-18-15-12-9-6-3)67-61(64)55-52-49-46-43-40-37-35-33-31-29-27-25-23-20-17-14-11-8-5-2/h7-8,10-11,13,16-17,19-20,22,24-28,30,32,34,36,39,58H,4-6,9,12,14-15,18,21,23,29,31,33,35,37-38,40-57H2,1-3H3/b10-7-,11-8-,16-13-,20-17-,22-19-,26-24-,27-25-,30-28+,34-32-,39-36-. The van der Waals surface area contributed by atoms with Crippen molar-refractivity contribution in [2.45, 2.75) is 232 Å². The zero-order chi connectivity index (χ0) is 48.6. The number of allylic oxidation sites excluding steroid dienone is 20. The molecule has 1 unspecified atom stereocenters. The van der Waals surface area contributed by atoms with Gasteiger partial charge in [-0.25, -0.2) is 0 Å². The first-order valence-corrected chi connectivity index (χ1v) is 27.1. The highest BCUT2D eigenvalue weighted by Crippen LogP contribution is 2.15. The lowest BCUT2D eigenvalue weighted by Gasteiger charge is -2.18. The maximum Gasteiger partial charge on any atom is 0.306 e. The van der Waals surface area contributed by atoms with Crippen molar-refractivity contribution < 1.29 is 28.6 Å². The van der Waals surface area contributed by atoms with Gasteiger partial charge in [0.25, 0.3) is 0 Å². The molecule has 0 aromatic heterocycles. The Labute approximate surface area is 412 Å². The molecule has 0 heterocycles. The second kappa shape index (κ2) is 54.4. The smallest absolute Gasteiger partial charge is 0.306 e. The van der Waals surface area contributed by atoms with Crippen molar-refractivity contribution in [2.75, 3.05) is 13.2 Å². The summed E-state index contributed by atoms with van der Waals surface area (Å²) in [5.74, 6) is -0.953. The Bertz CT molecular complexity index is 1440. The minimum absolute atomic E-state index is 0.0967. The molecule has 0 spiro atoms. The van der Waals surface area contributed by atoms with E-state index < -0.39 is 6.10 Å². The minimum Gasteiger partial charge on any atom is -0.462 e. The molecule has 0 aromatic carbocycles. The van der Waals surface area contributed by atoms with Crippen LogP contribution in [0.2, 0.25) is 0 Å². The second-order valence-electron chi connectivity index (χ2n) is 17.6. The SMILES string of the molecule is CC\C=C/C=C\C=C/C=C\C=C\C=C/C=C\CCCCCC(=O)OCC(COC(=O)CCCCCCCCCCCCC)OC(=O)CCCCCCCCCCC/C=C\C/C=C\C/C=C\CC. The third kappa shape index (κ3) is 52.6. The van der Waals surface area contributed by atoms with E-state index in [0.717, 1.165) is 96.3 Å². The first-order valence-electron chi connectivity index (χ1n) is 27.1. The molecule has 0 aromatic rings. The summed E-state index contributed by atoms with van der Waals surface area (Å²) in [4.78, 5) is 38.1. The van der Waals surface area contributed by atoms with E-state index >= 15 is 0 Å². The molecule has 0 saturated carbocycles. The van der Waals surface area contributed by atoms with Gasteiger partial charge in [0.1, 0.15) is 13.2 Å². The number of hydrogen-bond acceptors (Lipinski definition) is 6. The quantitative estimate of drug-likeness (QED) is 0.0199. The van der Waals surface area contributed by atoms with E-state index in [4.69, 9.17) is 14.2 Å². The van der Waals surface area contributed by atoms with Crippen molar-refractivity contribution in [1.29, 1.82) is 0 Å². The van der Waals surface area contributed by atoms with E-state index in [2.05, 4.69) is 69.4 Å². The Hall–Kier alpha value is -4.19. The van der Waals surface area contributed by atoms with Gasteiger partial charge in [0.2, 0.25) is 0 Å². The lowest BCUT2D eigenvalue weighted by molar-refractivity contribution is -0.167. The first-order chi connectivity index (χ1) is 33.0. The van der Waals surface area contributed by atoms with Crippen LogP contribution in [0.15, 0.2) is 122 Å². The summed E-state index contributed by atoms with van der Waals surface area (Å²) in [5, 5.41) is 0. The lowest BCUT2D eigenvalue weighted by Crippen LogP contribution is -2.30. The molecule has 0 fully saturated rings. The van der Waals surface area contributed by atoms with Crippen LogP contribution >= 0.6 is 0 Å². The van der Waals surface area contributed by atoms with Gasteiger partial charge in [0, 0.05) is 19.3 Å². The van der Waals surface area contributed by atoms with Crippen LogP contribution in [0.3, 0.4) is 0 Å². The molecule has 378 valence electrons. The van der Waals surface area contributed by atoms with Gasteiger partial charge < -0.3 is 14.2 Å². The lowest BCUT2D eigenvalue weighted by atomic mass is 10.1. The van der Waals surface area contributed by atoms with Gasteiger partial charge in [-0.1, -0.05) is 258 Å². The number of unbranched alkanes of at least 4 members (excludes halogenated alkanes) is 22. The van der Waals surface area contributed by atoms with Gasteiger partial charge in [-0.05, 0) is 70.6 Å². The summed E-state index contributed by atoms with van der Waals surface area (Å²) >= 11 is 0. The number of rotatable bonds is 47. The highest BCUT2D eigenvalue weighted by Gasteiger charge is 2.19. The highest BCUT2D eigenvalue weighted by molar-refractivity contribution is 5.71. The number of carbonyl (C=O) groups is 3. The van der Waals surface area contributed by atoms with Crippen molar-refractivity contribution in [3.8, 4) is 0 Å². The van der Waals surface area contributed by atoms with Crippen LogP contribution in [0.25, 0.3) is 0 Å². The molecule has 0 radical (unpaired) electrons. The second-order valence-corrected chi connectivity index (χ2v) is 17.6. The molecule has 0 aliphatic carbocycles. The monoisotopic (exact) mass is 927 g/mol. The molecule has 0 bridgehead atoms. The van der Waals surface area contributed by atoms with E-state index in [-0.39, 0.29) is 31.1 Å². The predicted molar refractivity (Wildman–Crippen MR) is 288 cm³/mol. The zero-order valence-electron chi connectivity index (χ0n) is 43.1. The molecule has 6 heteroatoms. The maximum atomic E-state index is 12.8. The van der Waals surface area contributed by atoms with Crippen LogP contribution in [0, 0.1) is 0 Å². The molecule has 67 heavy (non-hydrogen) atoms. The van der Waals surface area contributed by atoms with Crippen molar-refractivity contribution in [3.05, 3.63) is 122 Å². The summed E-state index contributed by atoms with van der Waals surface area (Å²) in [5.41, 5.74) is 0. The van der Waals surface area contributed by atoms with E-state index in [9.17, 15) is 14.4 Å². The largest absolute Gasteiger partial charge is 0.462 e. The van der Waals surface area contributed by atoms with Crippen molar-refractivity contribution in [1.82, 2.24) is 0 Å². The van der Waals surface area contributed by atoms with E-state index in [1.165, 1.54) is 89.9 Å². The molecule has 0 saturated heterocycles. The fourth-order valence-electron chi connectivity index (χ4n) is 7.15. The summed E-state index contributed by atoms with van der Waals surface area (Å²) in [7, 11) is 0. The molecule has 0 amide bonds. The predicted octanol–water partition coefficient (Wildman–Crippen LogP) is 18.1. The van der Waals surface area contributed by atoms with E-state index in [0.29, 0.717) is 19.3 Å². The van der Waals surface area contributed by atoms with E-state index in [1.54, 1.807) is 0 Å². The summed E-state index contributed by atoms with van der Waals surface area (Å²) in [6.45, 7) is 6.33. The van der Waals surface area contributed by atoms with Gasteiger partial charge in [0.15, 0.2) is 6.10 Å². The number of esters is 3. The third-order valence-corrected chi connectivity index (χ3v) is 11.2. The Morgan fingerprint density at radius 3 is 1.10 bits per heavy atom. The van der Waals surface area contributed by atoms with Crippen LogP contribution in [0.5, 0.6) is 0 Å². The molecule has 0 N–H and O–H groups in total. The van der Waals surface area contributed by atoms with Gasteiger partial charge in [-0.2, -0.15) is 0 Å². The van der Waals surface area contributed by atoms with Crippen molar-refractivity contribution in [3.63, 3.8) is 0 Å². The third-order valence-electron chi connectivity index (χ3n) is 11.2. The van der Waals surface area contributed by atoms with Crippen LogP contribution in [-0.4, -0.2) is 37.2 Å². The van der Waals surface area contributed by atoms with Crippen LogP contribution in [0.4, 0.5) is 0 Å². The topological polar surface area (TPSA) is 78.9 Å². The van der Waals surface area contributed by atoms with Crippen LogP contribution in [0.1, 0.15) is 226 Å². The van der Waals surface area contributed by atoms with Crippen LogP contribution in [-0.2, 0) is 28.6 Å². The van der Waals surface area contributed by atoms with Gasteiger partial charge in [0.05, 0.1) is 0 Å². The summed E-state index contributed by atoms with van der Waals surface area (Å²) in [6.07, 6.45) is 74.6. The van der Waals surface area contributed by atoms with Crippen LogP contribution < -0.4 is 0 Å².